The van der Waals surface area contributed by atoms with Crippen molar-refractivity contribution < 1.29 is 19.1 Å². The maximum absolute atomic E-state index is 12.0. The SMILES string of the molecule is COC(=O)C1C2C(=O)N(C3CCNC3)C(=O)C12. The van der Waals surface area contributed by atoms with Gasteiger partial charge in [0.2, 0.25) is 11.8 Å². The molecule has 3 fully saturated rings. The smallest absolute Gasteiger partial charge is 0.310 e. The number of fused-ring (bicyclic) bond motifs is 1. The fourth-order valence-corrected chi connectivity index (χ4v) is 3.00. The first-order chi connectivity index (χ1) is 8.16. The van der Waals surface area contributed by atoms with Crippen molar-refractivity contribution in [2.24, 2.45) is 17.8 Å². The van der Waals surface area contributed by atoms with Gasteiger partial charge in [-0.1, -0.05) is 0 Å². The molecule has 2 amide bonds. The van der Waals surface area contributed by atoms with Crippen LogP contribution in [-0.4, -0.2) is 48.9 Å². The quantitative estimate of drug-likeness (QED) is 0.480. The average Bonchev–Trinajstić information content (AvgIpc) is 2.74. The molecule has 3 atom stereocenters. The van der Waals surface area contributed by atoms with Crippen LogP contribution in [0.4, 0.5) is 0 Å². The van der Waals surface area contributed by atoms with Crippen molar-refractivity contribution in [1.29, 1.82) is 0 Å². The van der Waals surface area contributed by atoms with Crippen molar-refractivity contribution in [3.05, 3.63) is 0 Å². The van der Waals surface area contributed by atoms with Gasteiger partial charge in [-0.25, -0.2) is 0 Å². The van der Waals surface area contributed by atoms with E-state index < -0.39 is 23.7 Å². The van der Waals surface area contributed by atoms with Gasteiger partial charge in [-0.2, -0.15) is 0 Å². The molecule has 2 aliphatic heterocycles. The summed E-state index contributed by atoms with van der Waals surface area (Å²) in [6.07, 6.45) is 0.805. The van der Waals surface area contributed by atoms with Gasteiger partial charge >= 0.3 is 5.97 Å². The molecule has 6 nitrogen and oxygen atoms in total. The van der Waals surface area contributed by atoms with Crippen molar-refractivity contribution in [2.45, 2.75) is 12.5 Å². The van der Waals surface area contributed by atoms with Crippen LogP contribution in [-0.2, 0) is 19.1 Å². The van der Waals surface area contributed by atoms with Crippen LogP contribution >= 0.6 is 0 Å². The molecule has 1 saturated carbocycles. The number of nitrogens with one attached hydrogen (secondary N) is 1. The highest BCUT2D eigenvalue weighted by atomic mass is 16.5. The lowest BCUT2D eigenvalue weighted by molar-refractivity contribution is -0.151. The summed E-state index contributed by atoms with van der Waals surface area (Å²) < 4.78 is 4.59. The molecule has 0 radical (unpaired) electrons. The second-order valence-corrected chi connectivity index (χ2v) is 4.79. The zero-order chi connectivity index (χ0) is 12.2. The molecular formula is C11H14N2O4. The second kappa shape index (κ2) is 3.53. The molecular weight excluding hydrogens is 224 g/mol. The molecule has 2 saturated heterocycles. The molecule has 3 aliphatic rings. The molecule has 0 aromatic rings. The lowest BCUT2D eigenvalue weighted by Crippen LogP contribution is -2.44. The number of likely N-dealkylation sites (tertiary alicyclic amines) is 1. The van der Waals surface area contributed by atoms with E-state index in [1.807, 2.05) is 0 Å². The highest BCUT2D eigenvalue weighted by molar-refractivity contribution is 6.13. The van der Waals surface area contributed by atoms with Gasteiger partial charge in [0.05, 0.1) is 30.9 Å². The number of carbonyl (C=O) groups excluding carboxylic acids is 3. The van der Waals surface area contributed by atoms with Crippen LogP contribution in [0.15, 0.2) is 0 Å². The predicted molar refractivity (Wildman–Crippen MR) is 55.6 cm³/mol. The highest BCUT2D eigenvalue weighted by Crippen LogP contribution is 2.54. The Hall–Kier alpha value is -1.43. The molecule has 92 valence electrons. The van der Waals surface area contributed by atoms with Crippen molar-refractivity contribution in [2.75, 3.05) is 20.2 Å². The Balaban J connectivity index is 1.76. The molecule has 1 N–H and O–H groups in total. The maximum Gasteiger partial charge on any atom is 0.310 e. The minimum Gasteiger partial charge on any atom is -0.469 e. The number of imide groups is 1. The van der Waals surface area contributed by atoms with E-state index in [1.54, 1.807) is 0 Å². The number of ether oxygens (including phenoxy) is 1. The lowest BCUT2D eigenvalue weighted by Gasteiger charge is -2.23. The zero-order valence-corrected chi connectivity index (χ0v) is 9.51. The van der Waals surface area contributed by atoms with Crippen LogP contribution in [0.25, 0.3) is 0 Å². The lowest BCUT2D eigenvalue weighted by atomic mass is 10.2. The summed E-state index contributed by atoms with van der Waals surface area (Å²) in [6.45, 7) is 1.50. The molecule has 6 heteroatoms. The fraction of sp³-hybridized carbons (Fsp3) is 0.727. The van der Waals surface area contributed by atoms with E-state index >= 15 is 0 Å². The summed E-state index contributed by atoms with van der Waals surface area (Å²) in [5.41, 5.74) is 0. The number of carbonyl (C=O) groups is 3. The minimum atomic E-state index is -0.523. The molecule has 0 aromatic carbocycles. The first-order valence-electron chi connectivity index (χ1n) is 5.82. The number of amides is 2. The van der Waals surface area contributed by atoms with E-state index in [9.17, 15) is 14.4 Å². The van der Waals surface area contributed by atoms with E-state index in [2.05, 4.69) is 10.1 Å². The Labute approximate surface area is 98.3 Å². The first kappa shape index (κ1) is 10.7. The molecule has 1 aliphatic carbocycles. The Morgan fingerprint density at radius 2 is 2.00 bits per heavy atom. The van der Waals surface area contributed by atoms with Gasteiger partial charge in [-0.3, -0.25) is 19.3 Å². The molecule has 3 rings (SSSR count). The number of piperidine rings is 1. The Morgan fingerprint density at radius 1 is 1.35 bits per heavy atom. The topological polar surface area (TPSA) is 75.7 Å². The van der Waals surface area contributed by atoms with Crippen LogP contribution in [0.2, 0.25) is 0 Å². The molecule has 17 heavy (non-hydrogen) atoms. The summed E-state index contributed by atoms with van der Waals surface area (Å²) in [5, 5.41) is 3.13. The summed E-state index contributed by atoms with van der Waals surface area (Å²) in [6, 6.07) is -0.0268. The van der Waals surface area contributed by atoms with Crippen molar-refractivity contribution in [3.63, 3.8) is 0 Å². The Bertz CT molecular complexity index is 380. The van der Waals surface area contributed by atoms with E-state index in [4.69, 9.17) is 0 Å². The van der Waals surface area contributed by atoms with Crippen LogP contribution in [0.3, 0.4) is 0 Å². The normalized spacial score (nSPS) is 39.5. The number of hydrogen-bond donors (Lipinski definition) is 1. The number of hydrogen-bond acceptors (Lipinski definition) is 5. The van der Waals surface area contributed by atoms with Crippen molar-refractivity contribution in [3.8, 4) is 0 Å². The minimum absolute atomic E-state index is 0.0268. The van der Waals surface area contributed by atoms with Crippen LogP contribution < -0.4 is 5.32 Å². The molecule has 0 spiro atoms. The van der Waals surface area contributed by atoms with E-state index in [0.717, 1.165) is 13.0 Å². The largest absolute Gasteiger partial charge is 0.469 e. The van der Waals surface area contributed by atoms with Crippen LogP contribution in [0.1, 0.15) is 6.42 Å². The number of nitrogens with zero attached hydrogens (tertiary/aromatic N) is 1. The molecule has 0 bridgehead atoms. The third-order valence-corrected chi connectivity index (χ3v) is 3.94. The highest BCUT2D eigenvalue weighted by Gasteiger charge is 2.71. The predicted octanol–water partition coefficient (Wildman–Crippen LogP) is -1.25. The average molecular weight is 238 g/mol. The van der Waals surface area contributed by atoms with Crippen LogP contribution in [0.5, 0.6) is 0 Å². The number of esters is 1. The van der Waals surface area contributed by atoms with Gasteiger partial charge in [-0.05, 0) is 13.0 Å². The van der Waals surface area contributed by atoms with Crippen molar-refractivity contribution >= 4 is 17.8 Å². The Morgan fingerprint density at radius 3 is 2.47 bits per heavy atom. The summed E-state index contributed by atoms with van der Waals surface area (Å²) in [7, 11) is 1.28. The number of rotatable bonds is 2. The fourth-order valence-electron chi connectivity index (χ4n) is 3.00. The van der Waals surface area contributed by atoms with Crippen LogP contribution in [0, 0.1) is 17.8 Å². The van der Waals surface area contributed by atoms with E-state index in [1.165, 1.54) is 12.0 Å². The van der Waals surface area contributed by atoms with Crippen molar-refractivity contribution in [1.82, 2.24) is 10.2 Å². The third kappa shape index (κ3) is 1.33. The Kier molecular flexibility index (Phi) is 2.22. The standard InChI is InChI=1S/C11H14N2O4/c1-17-11(16)8-6-7(8)10(15)13(9(6)14)5-2-3-12-4-5/h5-8,12H,2-4H2,1H3. The monoisotopic (exact) mass is 238 g/mol. The molecule has 2 heterocycles. The van der Waals surface area contributed by atoms with Gasteiger partial charge in [0.25, 0.3) is 0 Å². The third-order valence-electron chi connectivity index (χ3n) is 3.94. The summed E-state index contributed by atoms with van der Waals surface area (Å²) in [5.74, 6) is -2.24. The van der Waals surface area contributed by atoms with Gasteiger partial charge in [0, 0.05) is 6.54 Å². The van der Waals surface area contributed by atoms with Gasteiger partial charge in [0.15, 0.2) is 0 Å². The number of methoxy groups -OCH3 is 1. The van der Waals surface area contributed by atoms with Gasteiger partial charge < -0.3 is 10.1 Å². The maximum atomic E-state index is 12.0. The first-order valence-corrected chi connectivity index (χ1v) is 5.82. The summed E-state index contributed by atoms with van der Waals surface area (Å²) in [4.78, 5) is 36.8. The molecule has 3 unspecified atom stereocenters. The van der Waals surface area contributed by atoms with E-state index in [0.29, 0.717) is 6.54 Å². The summed E-state index contributed by atoms with van der Waals surface area (Å²) >= 11 is 0. The second-order valence-electron chi connectivity index (χ2n) is 4.79. The van der Waals surface area contributed by atoms with Gasteiger partial charge in [0.1, 0.15) is 0 Å². The zero-order valence-electron chi connectivity index (χ0n) is 9.51. The molecule has 0 aromatic heterocycles. The van der Waals surface area contributed by atoms with E-state index in [-0.39, 0.29) is 17.9 Å². The van der Waals surface area contributed by atoms with Gasteiger partial charge in [-0.15, -0.1) is 0 Å².